The van der Waals surface area contributed by atoms with Gasteiger partial charge in [0.2, 0.25) is 0 Å². The fraction of sp³-hybridized carbons (Fsp3) is 0.316. The molecule has 0 heterocycles. The lowest BCUT2D eigenvalue weighted by Gasteiger charge is -2.15. The Bertz CT molecular complexity index is 597. The van der Waals surface area contributed by atoms with Gasteiger partial charge in [0.25, 0.3) is 5.91 Å². The third-order valence-corrected chi connectivity index (χ3v) is 3.55. The molecule has 0 aliphatic carbocycles. The van der Waals surface area contributed by atoms with Gasteiger partial charge in [0.1, 0.15) is 5.75 Å². The van der Waals surface area contributed by atoms with E-state index in [9.17, 15) is 4.79 Å². The second kappa shape index (κ2) is 8.96. The molecule has 1 atom stereocenters. The van der Waals surface area contributed by atoms with Crippen LogP contribution >= 0.6 is 0 Å². The zero-order chi connectivity index (χ0) is 16.5. The van der Waals surface area contributed by atoms with E-state index in [1.54, 1.807) is 6.92 Å². The van der Waals surface area contributed by atoms with E-state index < -0.39 is 6.10 Å². The third kappa shape index (κ3) is 5.42. The van der Waals surface area contributed by atoms with Gasteiger partial charge in [-0.2, -0.15) is 0 Å². The van der Waals surface area contributed by atoms with E-state index in [0.717, 1.165) is 24.1 Å². The highest BCUT2D eigenvalue weighted by atomic mass is 16.5. The predicted octanol–water partition coefficient (Wildman–Crippen LogP) is 2.85. The lowest BCUT2D eigenvalue weighted by atomic mass is 10.1. The molecule has 0 spiro atoms. The molecule has 0 bridgehead atoms. The average molecular weight is 312 g/mol. The van der Waals surface area contributed by atoms with Crippen LogP contribution in [0, 0.1) is 0 Å². The molecule has 23 heavy (non-hydrogen) atoms. The Morgan fingerprint density at radius 3 is 2.30 bits per heavy atom. The molecule has 2 rings (SSSR count). The zero-order valence-electron chi connectivity index (χ0n) is 13.7. The molecule has 2 aromatic rings. The molecular weight excluding hydrogens is 288 g/mol. The highest BCUT2D eigenvalue weighted by Gasteiger charge is 2.13. The summed E-state index contributed by atoms with van der Waals surface area (Å²) < 4.78 is 5.70. The number of ether oxygens (including phenoxy) is 1. The van der Waals surface area contributed by atoms with Crippen LogP contribution in [0.5, 0.6) is 5.75 Å². The van der Waals surface area contributed by atoms with Crippen molar-refractivity contribution < 1.29 is 9.53 Å². The average Bonchev–Trinajstić information content (AvgIpc) is 2.60. The molecule has 0 radical (unpaired) electrons. The molecule has 2 N–H and O–H groups in total. The van der Waals surface area contributed by atoms with Gasteiger partial charge in [0, 0.05) is 6.54 Å². The second-order valence-electron chi connectivity index (χ2n) is 5.40. The maximum atomic E-state index is 11.9. The molecule has 0 saturated carbocycles. The molecule has 0 aliphatic rings. The van der Waals surface area contributed by atoms with Crippen molar-refractivity contribution in [1.82, 2.24) is 10.6 Å². The van der Waals surface area contributed by atoms with E-state index in [1.165, 1.54) is 0 Å². The summed E-state index contributed by atoms with van der Waals surface area (Å²) in [4.78, 5) is 11.9. The Balaban J connectivity index is 1.86. The molecule has 4 nitrogen and oxygen atoms in total. The van der Waals surface area contributed by atoms with Gasteiger partial charge in [-0.15, -0.1) is 0 Å². The molecular formula is C19H24N2O2. The number of carbonyl (C=O) groups excluding carboxylic acids is 1. The molecule has 122 valence electrons. The van der Waals surface area contributed by atoms with Crippen LogP contribution in [0.4, 0.5) is 0 Å². The normalized spacial score (nSPS) is 11.7. The number of carbonyl (C=O) groups is 1. The van der Waals surface area contributed by atoms with Gasteiger partial charge in [0.15, 0.2) is 6.10 Å². The number of hydrogen-bond donors (Lipinski definition) is 2. The van der Waals surface area contributed by atoms with E-state index >= 15 is 0 Å². The van der Waals surface area contributed by atoms with Crippen molar-refractivity contribution in [1.29, 1.82) is 0 Å². The minimum absolute atomic E-state index is 0.0896. The molecule has 4 heteroatoms. The first-order valence-electron chi connectivity index (χ1n) is 7.95. The molecule has 1 unspecified atom stereocenters. The number of amides is 1. The van der Waals surface area contributed by atoms with Gasteiger partial charge >= 0.3 is 0 Å². The summed E-state index contributed by atoms with van der Waals surface area (Å²) in [5, 5.41) is 5.92. The molecule has 0 fully saturated rings. The molecule has 0 aliphatic heterocycles. The van der Waals surface area contributed by atoms with Crippen LogP contribution in [0.3, 0.4) is 0 Å². The number of benzene rings is 2. The zero-order valence-corrected chi connectivity index (χ0v) is 13.7. The van der Waals surface area contributed by atoms with E-state index in [1.807, 2.05) is 49.5 Å². The molecule has 2 aromatic carbocycles. The SMILES string of the molecule is CNCCCNC(=O)C(C)Oc1ccc(-c2ccccc2)cc1. The fourth-order valence-corrected chi connectivity index (χ4v) is 2.23. The predicted molar refractivity (Wildman–Crippen MR) is 93.5 cm³/mol. The smallest absolute Gasteiger partial charge is 0.260 e. The Morgan fingerprint density at radius 2 is 1.65 bits per heavy atom. The molecule has 1 amide bonds. The highest BCUT2D eigenvalue weighted by molar-refractivity contribution is 5.80. The van der Waals surface area contributed by atoms with Gasteiger partial charge in [0.05, 0.1) is 0 Å². The molecule has 0 aromatic heterocycles. The lowest BCUT2D eigenvalue weighted by molar-refractivity contribution is -0.127. The quantitative estimate of drug-likeness (QED) is 0.737. The Hall–Kier alpha value is -2.33. The van der Waals surface area contributed by atoms with Crippen LogP contribution in [0.2, 0.25) is 0 Å². The summed E-state index contributed by atoms with van der Waals surface area (Å²) in [7, 11) is 1.90. The van der Waals surface area contributed by atoms with Gasteiger partial charge < -0.3 is 15.4 Å². The van der Waals surface area contributed by atoms with E-state index in [-0.39, 0.29) is 5.91 Å². The van der Waals surface area contributed by atoms with E-state index in [0.29, 0.717) is 12.3 Å². The van der Waals surface area contributed by atoms with Crippen LogP contribution in [0.1, 0.15) is 13.3 Å². The Morgan fingerprint density at radius 1 is 1.00 bits per heavy atom. The number of rotatable bonds is 8. The van der Waals surface area contributed by atoms with Crippen molar-refractivity contribution in [2.24, 2.45) is 0 Å². The van der Waals surface area contributed by atoms with Crippen molar-refractivity contribution in [3.05, 3.63) is 54.6 Å². The van der Waals surface area contributed by atoms with E-state index in [4.69, 9.17) is 4.74 Å². The van der Waals surface area contributed by atoms with Gasteiger partial charge in [-0.25, -0.2) is 0 Å². The maximum Gasteiger partial charge on any atom is 0.260 e. The molecule has 0 saturated heterocycles. The number of hydrogen-bond acceptors (Lipinski definition) is 3. The second-order valence-corrected chi connectivity index (χ2v) is 5.40. The van der Waals surface area contributed by atoms with Crippen molar-refractivity contribution >= 4 is 5.91 Å². The lowest BCUT2D eigenvalue weighted by Crippen LogP contribution is -2.37. The van der Waals surface area contributed by atoms with Gasteiger partial charge in [-0.1, -0.05) is 42.5 Å². The van der Waals surface area contributed by atoms with Crippen LogP contribution in [-0.2, 0) is 4.79 Å². The first kappa shape index (κ1) is 17.0. The van der Waals surface area contributed by atoms with Crippen LogP contribution in [0.25, 0.3) is 11.1 Å². The minimum atomic E-state index is -0.507. The Labute approximate surface area is 137 Å². The highest BCUT2D eigenvalue weighted by Crippen LogP contribution is 2.22. The summed E-state index contributed by atoms with van der Waals surface area (Å²) in [6.07, 6.45) is 0.396. The Kier molecular flexibility index (Phi) is 6.63. The number of nitrogens with one attached hydrogen (secondary N) is 2. The summed E-state index contributed by atoms with van der Waals surface area (Å²) in [5.74, 6) is 0.607. The summed E-state index contributed by atoms with van der Waals surface area (Å²) in [5.41, 5.74) is 2.29. The van der Waals surface area contributed by atoms with Gasteiger partial charge in [-0.05, 0) is 50.2 Å². The first-order chi connectivity index (χ1) is 11.2. The third-order valence-electron chi connectivity index (χ3n) is 3.55. The van der Waals surface area contributed by atoms with Crippen molar-refractivity contribution in [3.63, 3.8) is 0 Å². The largest absolute Gasteiger partial charge is 0.481 e. The minimum Gasteiger partial charge on any atom is -0.481 e. The maximum absolute atomic E-state index is 11.9. The van der Waals surface area contributed by atoms with E-state index in [2.05, 4.69) is 22.8 Å². The fourth-order valence-electron chi connectivity index (χ4n) is 2.23. The van der Waals surface area contributed by atoms with Crippen molar-refractivity contribution in [3.8, 4) is 16.9 Å². The van der Waals surface area contributed by atoms with Crippen molar-refractivity contribution in [2.45, 2.75) is 19.4 Å². The van der Waals surface area contributed by atoms with Crippen LogP contribution < -0.4 is 15.4 Å². The van der Waals surface area contributed by atoms with Crippen LogP contribution in [0.15, 0.2) is 54.6 Å². The topological polar surface area (TPSA) is 50.4 Å². The monoisotopic (exact) mass is 312 g/mol. The summed E-state index contributed by atoms with van der Waals surface area (Å²) in [6, 6.07) is 18.0. The van der Waals surface area contributed by atoms with Gasteiger partial charge in [-0.3, -0.25) is 4.79 Å². The van der Waals surface area contributed by atoms with Crippen LogP contribution in [-0.4, -0.2) is 32.1 Å². The summed E-state index contributed by atoms with van der Waals surface area (Å²) in [6.45, 7) is 3.30. The standard InChI is InChI=1S/C19H24N2O2/c1-15(19(22)21-14-6-13-20-2)23-18-11-9-17(10-12-18)16-7-4-3-5-8-16/h3-5,7-12,15,20H,6,13-14H2,1-2H3,(H,21,22). The first-order valence-corrected chi connectivity index (χ1v) is 7.95. The summed E-state index contributed by atoms with van der Waals surface area (Å²) >= 11 is 0. The van der Waals surface area contributed by atoms with Crippen molar-refractivity contribution in [2.75, 3.05) is 20.1 Å².